The molecule has 0 saturated carbocycles. The lowest BCUT2D eigenvalue weighted by Crippen LogP contribution is -2.52. The van der Waals surface area contributed by atoms with Gasteiger partial charge >= 0.3 is 0 Å². The van der Waals surface area contributed by atoms with Gasteiger partial charge in [0, 0.05) is 37.6 Å². The molecule has 0 amide bonds. The summed E-state index contributed by atoms with van der Waals surface area (Å²) < 4.78 is 10.8. The van der Waals surface area contributed by atoms with Gasteiger partial charge in [-0.05, 0) is 12.8 Å². The van der Waals surface area contributed by atoms with Crippen LogP contribution in [0.1, 0.15) is 53.3 Å². The van der Waals surface area contributed by atoms with E-state index in [9.17, 15) is 0 Å². The summed E-state index contributed by atoms with van der Waals surface area (Å²) in [5.41, 5.74) is -0.152. The van der Waals surface area contributed by atoms with Crippen LogP contribution in [0.25, 0.3) is 0 Å². The Morgan fingerprint density at radius 3 is 2.43 bits per heavy atom. The number of hydrogen-bond acceptors (Lipinski definition) is 6. The molecule has 2 rings (SSSR count). The van der Waals surface area contributed by atoms with Crippen LogP contribution in [0, 0.1) is 5.92 Å². The van der Waals surface area contributed by atoms with Crippen LogP contribution in [-0.2, 0) is 16.7 Å². The van der Waals surface area contributed by atoms with E-state index in [0.717, 1.165) is 45.4 Å². The second-order valence-corrected chi connectivity index (χ2v) is 8.30. The van der Waals surface area contributed by atoms with Gasteiger partial charge in [0.05, 0.1) is 13.2 Å². The summed E-state index contributed by atoms with van der Waals surface area (Å²) in [6, 6.07) is 0.440. The molecule has 0 radical (unpaired) electrons. The van der Waals surface area contributed by atoms with Gasteiger partial charge in [-0.1, -0.05) is 39.8 Å². The number of rotatable bonds is 7. The maximum atomic E-state index is 5.49. The summed E-state index contributed by atoms with van der Waals surface area (Å²) in [6.07, 6.45) is 0. The van der Waals surface area contributed by atoms with Crippen LogP contribution in [0.3, 0.4) is 0 Å². The highest BCUT2D eigenvalue weighted by molar-refractivity contribution is 14.0. The first-order chi connectivity index (χ1) is 12.8. The van der Waals surface area contributed by atoms with Crippen molar-refractivity contribution in [3.05, 3.63) is 11.7 Å². The molecule has 162 valence electrons. The first kappa shape index (κ1) is 25.1. The molecule has 1 fully saturated rings. The summed E-state index contributed by atoms with van der Waals surface area (Å²) in [4.78, 5) is 11.6. The van der Waals surface area contributed by atoms with Crippen LogP contribution in [0.5, 0.6) is 0 Å². The van der Waals surface area contributed by atoms with E-state index in [4.69, 9.17) is 9.26 Å². The van der Waals surface area contributed by atoms with Gasteiger partial charge in [0.2, 0.25) is 5.89 Å². The van der Waals surface area contributed by atoms with Crippen molar-refractivity contribution in [2.45, 2.75) is 59.5 Å². The van der Waals surface area contributed by atoms with Crippen molar-refractivity contribution in [2.24, 2.45) is 10.9 Å². The molecule has 1 aliphatic rings. The van der Waals surface area contributed by atoms with Crippen LogP contribution >= 0.6 is 24.0 Å². The van der Waals surface area contributed by atoms with Crippen molar-refractivity contribution in [1.29, 1.82) is 0 Å². The maximum Gasteiger partial charge on any atom is 0.232 e. The van der Waals surface area contributed by atoms with Gasteiger partial charge in [0.1, 0.15) is 6.54 Å². The van der Waals surface area contributed by atoms with Crippen LogP contribution in [0.15, 0.2) is 9.52 Å². The lowest BCUT2D eigenvalue weighted by Gasteiger charge is -2.37. The van der Waals surface area contributed by atoms with E-state index in [1.54, 1.807) is 0 Å². The minimum atomic E-state index is -0.152. The molecule has 28 heavy (non-hydrogen) atoms. The topological polar surface area (TPSA) is 87.8 Å². The zero-order valence-corrected chi connectivity index (χ0v) is 20.4. The number of aromatic nitrogens is 2. The standard InChI is InChI=1S/C19H36N6O2.HI/c1-7-20-18(22-13-16-23-17(27-24-16)19(4,5)6)21-12-15(14(2)3)25-8-10-26-11-9-25;/h14-15H,7-13H2,1-6H3,(H2,20,21,22);1H. The Hall–Kier alpha value is -0.940. The molecule has 1 saturated heterocycles. The third-order valence-corrected chi connectivity index (χ3v) is 4.60. The third-order valence-electron chi connectivity index (χ3n) is 4.60. The van der Waals surface area contributed by atoms with Crippen molar-refractivity contribution in [2.75, 3.05) is 39.4 Å². The number of ether oxygens (including phenoxy) is 1. The third kappa shape index (κ3) is 7.82. The Morgan fingerprint density at radius 2 is 1.89 bits per heavy atom. The summed E-state index contributed by atoms with van der Waals surface area (Å²) in [5, 5.41) is 10.8. The van der Waals surface area contributed by atoms with E-state index in [1.807, 2.05) is 0 Å². The Kier molecular flexibility index (Phi) is 10.7. The van der Waals surface area contributed by atoms with E-state index in [0.29, 0.717) is 30.2 Å². The molecule has 8 nitrogen and oxygen atoms in total. The fraction of sp³-hybridized carbons (Fsp3) is 0.842. The highest BCUT2D eigenvalue weighted by Crippen LogP contribution is 2.19. The summed E-state index contributed by atoms with van der Waals surface area (Å²) >= 11 is 0. The Balaban J connectivity index is 0.00000392. The van der Waals surface area contributed by atoms with Crippen LogP contribution < -0.4 is 10.6 Å². The van der Waals surface area contributed by atoms with Gasteiger partial charge in [0.15, 0.2) is 11.8 Å². The monoisotopic (exact) mass is 508 g/mol. The molecule has 0 aliphatic carbocycles. The second-order valence-electron chi connectivity index (χ2n) is 8.30. The van der Waals surface area contributed by atoms with Crippen molar-refractivity contribution in [3.63, 3.8) is 0 Å². The van der Waals surface area contributed by atoms with Gasteiger partial charge in [-0.15, -0.1) is 24.0 Å². The van der Waals surface area contributed by atoms with Crippen molar-refractivity contribution in [1.82, 2.24) is 25.7 Å². The highest BCUT2D eigenvalue weighted by Gasteiger charge is 2.24. The number of nitrogens with zero attached hydrogens (tertiary/aromatic N) is 4. The quantitative estimate of drug-likeness (QED) is 0.332. The summed E-state index contributed by atoms with van der Waals surface area (Å²) in [6.45, 7) is 18.4. The molecule has 1 atom stereocenters. The average Bonchev–Trinajstić information content (AvgIpc) is 3.10. The number of guanidine groups is 1. The lowest BCUT2D eigenvalue weighted by atomic mass is 9.97. The second kappa shape index (κ2) is 11.9. The predicted octanol–water partition coefficient (Wildman–Crippen LogP) is 2.40. The fourth-order valence-electron chi connectivity index (χ4n) is 3.01. The number of morpholine rings is 1. The molecular formula is C19H37IN6O2. The van der Waals surface area contributed by atoms with Crippen LogP contribution in [-0.4, -0.2) is 66.4 Å². The summed E-state index contributed by atoms with van der Waals surface area (Å²) in [7, 11) is 0. The number of halogens is 1. The zero-order chi connectivity index (χ0) is 19.9. The predicted molar refractivity (Wildman–Crippen MR) is 122 cm³/mol. The molecule has 1 aromatic heterocycles. The molecule has 1 aromatic rings. The average molecular weight is 508 g/mol. The zero-order valence-electron chi connectivity index (χ0n) is 18.1. The molecular weight excluding hydrogens is 471 g/mol. The number of aliphatic imine (C=N–C) groups is 1. The minimum absolute atomic E-state index is 0. The van der Waals surface area contributed by atoms with Gasteiger partial charge < -0.3 is 19.9 Å². The normalized spacial score (nSPS) is 17.3. The molecule has 1 aliphatic heterocycles. The molecule has 1 unspecified atom stereocenters. The minimum Gasteiger partial charge on any atom is -0.379 e. The van der Waals surface area contributed by atoms with Gasteiger partial charge in [0.25, 0.3) is 0 Å². The fourth-order valence-corrected chi connectivity index (χ4v) is 3.01. The van der Waals surface area contributed by atoms with E-state index in [2.05, 4.69) is 72.2 Å². The highest BCUT2D eigenvalue weighted by atomic mass is 127. The van der Waals surface area contributed by atoms with E-state index >= 15 is 0 Å². The Labute approximate surface area is 186 Å². The maximum absolute atomic E-state index is 5.49. The van der Waals surface area contributed by atoms with Gasteiger partial charge in [-0.25, -0.2) is 4.99 Å². The first-order valence-electron chi connectivity index (χ1n) is 9.98. The number of hydrogen-bond donors (Lipinski definition) is 2. The number of nitrogens with one attached hydrogen (secondary N) is 2. The van der Waals surface area contributed by atoms with E-state index < -0.39 is 0 Å². The Bertz CT molecular complexity index is 593. The largest absolute Gasteiger partial charge is 0.379 e. The molecule has 9 heteroatoms. The molecule has 0 aromatic carbocycles. The molecule has 2 heterocycles. The summed E-state index contributed by atoms with van der Waals surface area (Å²) in [5.74, 6) is 2.56. The molecule has 2 N–H and O–H groups in total. The van der Waals surface area contributed by atoms with Crippen LogP contribution in [0.2, 0.25) is 0 Å². The lowest BCUT2D eigenvalue weighted by molar-refractivity contribution is 0.00752. The molecule has 0 spiro atoms. The van der Waals surface area contributed by atoms with Crippen molar-refractivity contribution < 1.29 is 9.26 Å². The van der Waals surface area contributed by atoms with E-state index in [1.165, 1.54) is 0 Å². The Morgan fingerprint density at radius 1 is 1.21 bits per heavy atom. The van der Waals surface area contributed by atoms with Gasteiger partial charge in [-0.3, -0.25) is 4.90 Å². The van der Waals surface area contributed by atoms with Crippen LogP contribution in [0.4, 0.5) is 0 Å². The SMILES string of the molecule is CCNC(=NCc1noc(C(C)(C)C)n1)NCC(C(C)C)N1CCOCC1.I. The van der Waals surface area contributed by atoms with Crippen molar-refractivity contribution in [3.8, 4) is 0 Å². The van der Waals surface area contributed by atoms with E-state index in [-0.39, 0.29) is 29.4 Å². The van der Waals surface area contributed by atoms with Gasteiger partial charge in [-0.2, -0.15) is 4.98 Å². The van der Waals surface area contributed by atoms with Crippen molar-refractivity contribution >= 4 is 29.9 Å². The first-order valence-corrected chi connectivity index (χ1v) is 9.98. The smallest absolute Gasteiger partial charge is 0.232 e. The molecule has 0 bridgehead atoms.